The van der Waals surface area contributed by atoms with E-state index in [-0.39, 0.29) is 5.54 Å². The summed E-state index contributed by atoms with van der Waals surface area (Å²) in [4.78, 5) is 0. The van der Waals surface area contributed by atoms with Gasteiger partial charge >= 0.3 is 0 Å². The number of rotatable bonds is 3. The molecule has 0 saturated heterocycles. The Balaban J connectivity index is 1.97. The van der Waals surface area contributed by atoms with Crippen LogP contribution in [0.3, 0.4) is 0 Å². The van der Waals surface area contributed by atoms with Crippen LogP contribution in [0.1, 0.15) is 30.5 Å². The number of aryl methyl sites for hydroxylation is 2. The van der Waals surface area contributed by atoms with Gasteiger partial charge in [-0.05, 0) is 38.2 Å². The van der Waals surface area contributed by atoms with Crippen molar-refractivity contribution in [3.63, 3.8) is 0 Å². The van der Waals surface area contributed by atoms with Crippen LogP contribution in [0.25, 0.3) is 0 Å². The van der Waals surface area contributed by atoms with E-state index in [1.54, 1.807) is 0 Å². The molecule has 1 aromatic heterocycles. The number of hydrogen-bond acceptors (Lipinski definition) is 2. The first-order valence-corrected chi connectivity index (χ1v) is 4.87. The Bertz CT molecular complexity index is 310. The first-order valence-electron chi connectivity index (χ1n) is 4.87. The van der Waals surface area contributed by atoms with Gasteiger partial charge in [0, 0.05) is 18.3 Å². The summed E-state index contributed by atoms with van der Waals surface area (Å²) in [5, 5.41) is 4.21. The van der Waals surface area contributed by atoms with Crippen LogP contribution in [-0.4, -0.2) is 15.3 Å². The molecule has 1 heterocycles. The van der Waals surface area contributed by atoms with E-state index in [2.05, 4.69) is 12.0 Å². The molecule has 3 heteroatoms. The highest BCUT2D eigenvalue weighted by atomic mass is 15.3. The maximum absolute atomic E-state index is 6.02. The van der Waals surface area contributed by atoms with Crippen molar-refractivity contribution in [3.05, 3.63) is 17.5 Å². The van der Waals surface area contributed by atoms with Crippen molar-refractivity contribution in [2.24, 2.45) is 12.8 Å². The van der Waals surface area contributed by atoms with Crippen molar-refractivity contribution >= 4 is 0 Å². The van der Waals surface area contributed by atoms with E-state index in [1.165, 1.54) is 24.1 Å². The van der Waals surface area contributed by atoms with Gasteiger partial charge in [-0.25, -0.2) is 0 Å². The third-order valence-corrected chi connectivity index (χ3v) is 3.12. The van der Waals surface area contributed by atoms with Gasteiger partial charge < -0.3 is 5.73 Å². The zero-order valence-electron chi connectivity index (χ0n) is 8.38. The zero-order chi connectivity index (χ0) is 9.47. The SMILES string of the molecule is Cc1c(CCC2(N)CC2)cnn1C. The summed E-state index contributed by atoms with van der Waals surface area (Å²) in [6.45, 7) is 2.11. The lowest BCUT2D eigenvalue weighted by molar-refractivity contribution is 0.607. The van der Waals surface area contributed by atoms with Crippen LogP contribution >= 0.6 is 0 Å². The molecule has 0 spiro atoms. The molecule has 1 aliphatic carbocycles. The predicted molar refractivity (Wildman–Crippen MR) is 52.4 cm³/mol. The molecular formula is C10H17N3. The molecule has 0 unspecified atom stereocenters. The quantitative estimate of drug-likeness (QED) is 0.756. The molecule has 3 nitrogen and oxygen atoms in total. The number of hydrogen-bond donors (Lipinski definition) is 1. The van der Waals surface area contributed by atoms with Crippen LogP contribution in [0.2, 0.25) is 0 Å². The van der Waals surface area contributed by atoms with Crippen molar-refractivity contribution in [1.82, 2.24) is 9.78 Å². The highest BCUT2D eigenvalue weighted by Gasteiger charge is 2.37. The van der Waals surface area contributed by atoms with Gasteiger partial charge in [-0.1, -0.05) is 0 Å². The number of nitrogens with zero attached hydrogens (tertiary/aromatic N) is 2. The average molecular weight is 179 g/mol. The van der Waals surface area contributed by atoms with E-state index in [9.17, 15) is 0 Å². The lowest BCUT2D eigenvalue weighted by Gasteiger charge is -2.07. The molecule has 1 aromatic rings. The third kappa shape index (κ3) is 1.75. The van der Waals surface area contributed by atoms with Crippen LogP contribution in [0.4, 0.5) is 0 Å². The highest BCUT2D eigenvalue weighted by molar-refractivity contribution is 5.17. The summed E-state index contributed by atoms with van der Waals surface area (Å²) in [6.07, 6.45) is 6.55. The van der Waals surface area contributed by atoms with E-state index in [0.29, 0.717) is 0 Å². The summed E-state index contributed by atoms with van der Waals surface area (Å²) in [5.74, 6) is 0. The Morgan fingerprint density at radius 2 is 2.31 bits per heavy atom. The summed E-state index contributed by atoms with van der Waals surface area (Å²) in [7, 11) is 1.98. The second-order valence-electron chi connectivity index (χ2n) is 4.24. The van der Waals surface area contributed by atoms with E-state index < -0.39 is 0 Å². The zero-order valence-corrected chi connectivity index (χ0v) is 8.38. The highest BCUT2D eigenvalue weighted by Crippen LogP contribution is 2.36. The minimum Gasteiger partial charge on any atom is -0.325 e. The molecule has 0 aliphatic heterocycles. The molecule has 1 fully saturated rings. The van der Waals surface area contributed by atoms with Gasteiger partial charge in [0.05, 0.1) is 6.20 Å². The minimum absolute atomic E-state index is 0.169. The fourth-order valence-electron chi connectivity index (χ4n) is 1.58. The predicted octanol–water partition coefficient (Wildman–Crippen LogP) is 1.15. The molecule has 0 radical (unpaired) electrons. The van der Waals surface area contributed by atoms with Gasteiger partial charge in [-0.3, -0.25) is 4.68 Å². The van der Waals surface area contributed by atoms with E-state index in [0.717, 1.165) is 12.8 Å². The van der Waals surface area contributed by atoms with Crippen LogP contribution in [0.5, 0.6) is 0 Å². The monoisotopic (exact) mass is 179 g/mol. The van der Waals surface area contributed by atoms with Crippen molar-refractivity contribution in [2.75, 3.05) is 0 Å². The topological polar surface area (TPSA) is 43.8 Å². The van der Waals surface area contributed by atoms with Crippen LogP contribution in [0, 0.1) is 6.92 Å². The molecule has 2 rings (SSSR count). The Labute approximate surface area is 78.9 Å². The summed E-state index contributed by atoms with van der Waals surface area (Å²) in [5.41, 5.74) is 8.81. The second kappa shape index (κ2) is 2.84. The van der Waals surface area contributed by atoms with Crippen molar-refractivity contribution in [1.29, 1.82) is 0 Å². The lowest BCUT2D eigenvalue weighted by Crippen LogP contribution is -2.22. The summed E-state index contributed by atoms with van der Waals surface area (Å²) >= 11 is 0. The van der Waals surface area contributed by atoms with E-state index >= 15 is 0 Å². The summed E-state index contributed by atoms with van der Waals surface area (Å²) in [6, 6.07) is 0. The van der Waals surface area contributed by atoms with E-state index in [1.807, 2.05) is 17.9 Å². The molecule has 1 aliphatic rings. The van der Waals surface area contributed by atoms with Gasteiger partial charge in [0.25, 0.3) is 0 Å². The standard InChI is InChI=1S/C10H17N3/c1-8-9(7-12-13(8)2)3-4-10(11)5-6-10/h7H,3-6,11H2,1-2H3. The normalized spacial score (nSPS) is 19.0. The molecule has 2 N–H and O–H groups in total. The molecule has 0 bridgehead atoms. The Kier molecular flexibility index (Phi) is 1.91. The maximum Gasteiger partial charge on any atom is 0.0524 e. The lowest BCUT2D eigenvalue weighted by atomic mass is 10.1. The summed E-state index contributed by atoms with van der Waals surface area (Å²) < 4.78 is 1.92. The second-order valence-corrected chi connectivity index (χ2v) is 4.24. The van der Waals surface area contributed by atoms with Gasteiger partial charge in [-0.2, -0.15) is 5.10 Å². The average Bonchev–Trinajstić information content (AvgIpc) is 2.75. The third-order valence-electron chi connectivity index (χ3n) is 3.12. The molecular weight excluding hydrogens is 162 g/mol. The first-order chi connectivity index (χ1) is 6.11. The fraction of sp³-hybridized carbons (Fsp3) is 0.700. The van der Waals surface area contributed by atoms with Crippen LogP contribution < -0.4 is 5.73 Å². The number of aromatic nitrogens is 2. The fourth-order valence-corrected chi connectivity index (χ4v) is 1.58. The smallest absolute Gasteiger partial charge is 0.0524 e. The van der Waals surface area contributed by atoms with Crippen LogP contribution in [-0.2, 0) is 13.5 Å². The van der Waals surface area contributed by atoms with E-state index in [4.69, 9.17) is 5.73 Å². The Hall–Kier alpha value is -0.830. The molecule has 0 amide bonds. The molecule has 0 atom stereocenters. The van der Waals surface area contributed by atoms with Crippen molar-refractivity contribution in [2.45, 2.75) is 38.1 Å². The first kappa shape index (κ1) is 8.75. The Morgan fingerprint density at radius 3 is 2.77 bits per heavy atom. The largest absolute Gasteiger partial charge is 0.325 e. The Morgan fingerprint density at radius 1 is 1.62 bits per heavy atom. The van der Waals surface area contributed by atoms with Gasteiger partial charge in [0.1, 0.15) is 0 Å². The van der Waals surface area contributed by atoms with Crippen molar-refractivity contribution in [3.8, 4) is 0 Å². The minimum atomic E-state index is 0.169. The van der Waals surface area contributed by atoms with Crippen LogP contribution in [0.15, 0.2) is 6.20 Å². The van der Waals surface area contributed by atoms with Gasteiger partial charge in [-0.15, -0.1) is 0 Å². The molecule has 1 saturated carbocycles. The van der Waals surface area contributed by atoms with Gasteiger partial charge in [0.15, 0.2) is 0 Å². The number of nitrogens with two attached hydrogens (primary N) is 1. The van der Waals surface area contributed by atoms with Crippen molar-refractivity contribution < 1.29 is 0 Å². The maximum atomic E-state index is 6.02. The molecule has 0 aromatic carbocycles. The van der Waals surface area contributed by atoms with Gasteiger partial charge in [0.2, 0.25) is 0 Å². The molecule has 13 heavy (non-hydrogen) atoms. The molecule has 72 valence electrons.